The SMILES string of the molecule is Cc1nnc(N2C(=O)C(=O)/C(=C(/O)c3c(C)nc4ccccn34)C2c2cccc(O)c2)s1. The first-order valence-corrected chi connectivity index (χ1v) is 10.5. The van der Waals surface area contributed by atoms with Crippen molar-refractivity contribution in [1.82, 2.24) is 19.6 Å². The lowest BCUT2D eigenvalue weighted by Crippen LogP contribution is -2.29. The molecule has 0 bridgehead atoms. The number of carbonyl (C=O) groups excluding carboxylic acids is 2. The van der Waals surface area contributed by atoms with Gasteiger partial charge in [-0.2, -0.15) is 0 Å². The number of fused-ring (bicyclic) bond motifs is 1. The number of hydrogen-bond acceptors (Lipinski definition) is 8. The Balaban J connectivity index is 1.80. The summed E-state index contributed by atoms with van der Waals surface area (Å²) in [5, 5.41) is 30.3. The molecule has 1 unspecified atom stereocenters. The summed E-state index contributed by atoms with van der Waals surface area (Å²) in [7, 11) is 0. The van der Waals surface area contributed by atoms with Crippen molar-refractivity contribution in [1.29, 1.82) is 0 Å². The number of aliphatic hydroxyl groups excluding tert-OH is 1. The van der Waals surface area contributed by atoms with Crippen LogP contribution in [0.2, 0.25) is 0 Å². The quantitative estimate of drug-likeness (QED) is 0.281. The number of hydrogen-bond donors (Lipinski definition) is 2. The average Bonchev–Trinajstić information content (AvgIpc) is 3.41. The van der Waals surface area contributed by atoms with Crippen LogP contribution in [0, 0.1) is 13.8 Å². The van der Waals surface area contributed by atoms with Gasteiger partial charge in [-0.3, -0.25) is 18.9 Å². The van der Waals surface area contributed by atoms with Crippen molar-refractivity contribution in [2.24, 2.45) is 0 Å². The average molecular weight is 447 g/mol. The fraction of sp³-hybridized carbons (Fsp3) is 0.136. The smallest absolute Gasteiger partial charge is 0.301 e. The monoisotopic (exact) mass is 447 g/mol. The summed E-state index contributed by atoms with van der Waals surface area (Å²) < 4.78 is 1.66. The molecule has 0 saturated carbocycles. The first kappa shape index (κ1) is 19.9. The molecule has 1 amide bonds. The number of aromatic hydroxyl groups is 1. The van der Waals surface area contributed by atoms with Crippen molar-refractivity contribution in [2.75, 3.05) is 4.90 Å². The molecule has 0 radical (unpaired) electrons. The second kappa shape index (κ2) is 7.27. The predicted octanol–water partition coefficient (Wildman–Crippen LogP) is 3.13. The van der Waals surface area contributed by atoms with E-state index in [4.69, 9.17) is 0 Å². The molecular formula is C22H17N5O4S. The third-order valence-corrected chi connectivity index (χ3v) is 6.12. The van der Waals surface area contributed by atoms with Crippen molar-refractivity contribution in [3.05, 3.63) is 76.2 Å². The highest BCUT2D eigenvalue weighted by Crippen LogP contribution is 2.43. The Hall–Kier alpha value is -4.05. The number of Topliss-reactive ketones (excluding diaryl/α,β-unsaturated/α-hetero) is 1. The van der Waals surface area contributed by atoms with Crippen LogP contribution in [-0.2, 0) is 9.59 Å². The fourth-order valence-electron chi connectivity index (χ4n) is 3.95. The lowest BCUT2D eigenvalue weighted by atomic mass is 9.96. The predicted molar refractivity (Wildman–Crippen MR) is 117 cm³/mol. The van der Waals surface area contributed by atoms with Crippen molar-refractivity contribution < 1.29 is 19.8 Å². The van der Waals surface area contributed by atoms with Crippen LogP contribution in [0.25, 0.3) is 11.4 Å². The normalized spacial score (nSPS) is 18.1. The number of aromatic nitrogens is 4. The van der Waals surface area contributed by atoms with Gasteiger partial charge in [0.2, 0.25) is 5.13 Å². The molecule has 4 aromatic rings. The minimum Gasteiger partial charge on any atom is -0.508 e. The highest BCUT2D eigenvalue weighted by Gasteiger charge is 2.48. The van der Waals surface area contributed by atoms with E-state index in [1.807, 2.05) is 6.07 Å². The largest absolute Gasteiger partial charge is 0.508 e. The number of carbonyl (C=O) groups is 2. The Morgan fingerprint density at radius 3 is 2.62 bits per heavy atom. The molecule has 160 valence electrons. The molecule has 4 heterocycles. The third-order valence-electron chi connectivity index (χ3n) is 5.28. The molecule has 0 spiro atoms. The number of phenols is 1. The molecule has 1 atom stereocenters. The number of nitrogens with zero attached hydrogens (tertiary/aromatic N) is 5. The summed E-state index contributed by atoms with van der Waals surface area (Å²) in [5.74, 6) is -2.07. The van der Waals surface area contributed by atoms with Gasteiger partial charge in [0.25, 0.3) is 5.78 Å². The molecule has 3 aromatic heterocycles. The number of benzene rings is 1. The van der Waals surface area contributed by atoms with Crippen LogP contribution < -0.4 is 4.90 Å². The van der Waals surface area contributed by atoms with Crippen LogP contribution in [0.5, 0.6) is 5.75 Å². The van der Waals surface area contributed by atoms with Gasteiger partial charge >= 0.3 is 5.91 Å². The number of ketones is 1. The number of imidazole rings is 1. The number of phenolic OH excluding ortho intramolecular Hbond substituents is 1. The number of aryl methyl sites for hydroxylation is 2. The van der Waals surface area contributed by atoms with Crippen LogP contribution in [0.3, 0.4) is 0 Å². The highest BCUT2D eigenvalue weighted by atomic mass is 32.1. The zero-order valence-corrected chi connectivity index (χ0v) is 17.9. The van der Waals surface area contributed by atoms with Crippen LogP contribution >= 0.6 is 11.3 Å². The summed E-state index contributed by atoms with van der Waals surface area (Å²) in [5.41, 5.74) is 1.75. The maximum atomic E-state index is 13.2. The first-order valence-electron chi connectivity index (χ1n) is 9.71. The Kier molecular flexibility index (Phi) is 4.52. The molecule has 32 heavy (non-hydrogen) atoms. The molecule has 10 heteroatoms. The molecular weight excluding hydrogens is 430 g/mol. The second-order valence-corrected chi connectivity index (χ2v) is 8.50. The molecule has 9 nitrogen and oxygen atoms in total. The van der Waals surface area contributed by atoms with Crippen molar-refractivity contribution in [3.8, 4) is 5.75 Å². The summed E-state index contributed by atoms with van der Waals surface area (Å²) in [6.07, 6.45) is 1.72. The van der Waals surface area contributed by atoms with Crippen LogP contribution in [0.4, 0.5) is 5.13 Å². The first-order chi connectivity index (χ1) is 15.4. The van der Waals surface area contributed by atoms with E-state index in [0.29, 0.717) is 27.6 Å². The van der Waals surface area contributed by atoms with Crippen LogP contribution in [0.15, 0.2) is 54.2 Å². The summed E-state index contributed by atoms with van der Waals surface area (Å²) in [6, 6.07) is 10.6. The van der Waals surface area contributed by atoms with Gasteiger partial charge in [-0.05, 0) is 43.7 Å². The second-order valence-electron chi connectivity index (χ2n) is 7.34. The van der Waals surface area contributed by atoms with E-state index in [2.05, 4.69) is 15.2 Å². The fourth-order valence-corrected chi connectivity index (χ4v) is 4.66. The maximum absolute atomic E-state index is 13.2. The van der Waals surface area contributed by atoms with E-state index in [1.54, 1.807) is 48.7 Å². The molecule has 1 aliphatic rings. The van der Waals surface area contributed by atoms with Crippen molar-refractivity contribution in [3.63, 3.8) is 0 Å². The van der Waals surface area contributed by atoms with Gasteiger partial charge in [0.1, 0.15) is 22.1 Å². The molecule has 5 rings (SSSR count). The van der Waals surface area contributed by atoms with Gasteiger partial charge in [0.15, 0.2) is 5.76 Å². The zero-order valence-electron chi connectivity index (χ0n) is 17.1. The third kappa shape index (κ3) is 2.95. The van der Waals surface area contributed by atoms with E-state index in [-0.39, 0.29) is 22.2 Å². The van der Waals surface area contributed by atoms with Crippen molar-refractivity contribution >= 4 is 39.6 Å². The zero-order chi connectivity index (χ0) is 22.6. The molecule has 0 aliphatic carbocycles. The van der Waals surface area contributed by atoms with Gasteiger partial charge in [-0.25, -0.2) is 4.98 Å². The number of aliphatic hydroxyl groups is 1. The van der Waals surface area contributed by atoms with Gasteiger partial charge in [-0.1, -0.05) is 29.5 Å². The topological polar surface area (TPSA) is 121 Å². The minimum absolute atomic E-state index is 0.0347. The lowest BCUT2D eigenvalue weighted by molar-refractivity contribution is -0.132. The van der Waals surface area contributed by atoms with Gasteiger partial charge in [0, 0.05) is 6.20 Å². The Morgan fingerprint density at radius 2 is 1.91 bits per heavy atom. The molecule has 2 N–H and O–H groups in total. The van der Waals surface area contributed by atoms with Crippen LogP contribution in [0.1, 0.15) is 28.0 Å². The Labute approximate surface area is 185 Å². The number of rotatable bonds is 3. The summed E-state index contributed by atoms with van der Waals surface area (Å²) in [6.45, 7) is 3.46. The minimum atomic E-state index is -0.997. The molecule has 1 fully saturated rings. The summed E-state index contributed by atoms with van der Waals surface area (Å²) in [4.78, 5) is 32.0. The number of amides is 1. The van der Waals surface area contributed by atoms with E-state index in [1.165, 1.54) is 17.0 Å². The van der Waals surface area contributed by atoms with E-state index < -0.39 is 17.7 Å². The molecule has 1 aromatic carbocycles. The Morgan fingerprint density at radius 1 is 1.09 bits per heavy atom. The van der Waals surface area contributed by atoms with E-state index >= 15 is 0 Å². The Bertz CT molecular complexity index is 1440. The molecule has 1 saturated heterocycles. The number of pyridine rings is 1. The summed E-state index contributed by atoms with van der Waals surface area (Å²) >= 11 is 1.16. The van der Waals surface area contributed by atoms with E-state index in [9.17, 15) is 19.8 Å². The van der Waals surface area contributed by atoms with Gasteiger partial charge < -0.3 is 10.2 Å². The molecule has 1 aliphatic heterocycles. The van der Waals surface area contributed by atoms with E-state index in [0.717, 1.165) is 11.3 Å². The standard InChI is InChI=1S/C22H17N5O4S/c1-11-17(26-9-4-3-8-15(26)23-11)19(29)16-18(13-6-5-7-14(28)10-13)27(21(31)20(16)30)22-25-24-12(2)32-22/h3-10,18,28-29H,1-2H3/b19-16+. The van der Waals surface area contributed by atoms with Gasteiger partial charge in [-0.15, -0.1) is 10.2 Å². The van der Waals surface area contributed by atoms with Gasteiger partial charge in [0.05, 0.1) is 17.3 Å². The lowest BCUT2D eigenvalue weighted by Gasteiger charge is -2.22. The van der Waals surface area contributed by atoms with Crippen molar-refractivity contribution in [2.45, 2.75) is 19.9 Å². The number of anilines is 1. The highest BCUT2D eigenvalue weighted by molar-refractivity contribution is 7.15. The van der Waals surface area contributed by atoms with Crippen LogP contribution in [-0.4, -0.2) is 41.5 Å². The maximum Gasteiger partial charge on any atom is 0.301 e.